The summed E-state index contributed by atoms with van der Waals surface area (Å²) in [6, 6.07) is 8.48. The quantitative estimate of drug-likeness (QED) is 0.700. The average molecular weight is 413 g/mol. The molecule has 0 radical (unpaired) electrons. The zero-order valence-corrected chi connectivity index (χ0v) is 16.1. The van der Waals surface area contributed by atoms with E-state index in [1.54, 1.807) is 25.1 Å². The van der Waals surface area contributed by atoms with E-state index < -0.39 is 28.5 Å². The fourth-order valence-corrected chi connectivity index (χ4v) is 2.88. The zero-order valence-electron chi connectivity index (χ0n) is 14.5. The van der Waals surface area contributed by atoms with Crippen molar-refractivity contribution in [2.45, 2.75) is 11.8 Å². The van der Waals surface area contributed by atoms with Gasteiger partial charge in [-0.25, -0.2) is 18.4 Å². The van der Waals surface area contributed by atoms with Gasteiger partial charge in [0.2, 0.25) is 10.0 Å². The zero-order chi connectivity index (χ0) is 20.2. The standard InChI is InChI=1S/C17H17ClN2O6S/c1-10-13(18)4-3-5-14(10)20-16(21)9-26-17(22)12-8-11(27(19,23)24)6-7-15(12)25-2/h3-8H,9H2,1-2H3,(H,20,21)(H2,19,23,24). The van der Waals surface area contributed by atoms with Crippen molar-refractivity contribution >= 4 is 39.2 Å². The number of methoxy groups -OCH3 is 1. The van der Waals surface area contributed by atoms with Gasteiger partial charge < -0.3 is 14.8 Å². The number of nitrogens with two attached hydrogens (primary N) is 1. The maximum atomic E-state index is 12.2. The van der Waals surface area contributed by atoms with Crippen molar-refractivity contribution < 1.29 is 27.5 Å². The van der Waals surface area contributed by atoms with Crippen molar-refractivity contribution in [1.82, 2.24) is 0 Å². The second-order valence-corrected chi connectivity index (χ2v) is 7.41. The molecule has 0 spiro atoms. The van der Waals surface area contributed by atoms with Gasteiger partial charge in [0.25, 0.3) is 5.91 Å². The molecule has 0 aliphatic rings. The van der Waals surface area contributed by atoms with Crippen molar-refractivity contribution in [2.24, 2.45) is 5.14 Å². The summed E-state index contributed by atoms with van der Waals surface area (Å²) in [5, 5.41) is 8.11. The first-order valence-corrected chi connectivity index (χ1v) is 9.49. The summed E-state index contributed by atoms with van der Waals surface area (Å²) >= 11 is 5.98. The molecule has 10 heteroatoms. The number of carbonyl (C=O) groups is 2. The van der Waals surface area contributed by atoms with Gasteiger partial charge in [0.15, 0.2) is 6.61 Å². The molecule has 0 aliphatic carbocycles. The molecule has 0 unspecified atom stereocenters. The minimum absolute atomic E-state index is 0.0819. The predicted octanol–water partition coefficient (Wildman–Crippen LogP) is 2.10. The van der Waals surface area contributed by atoms with Crippen LogP contribution >= 0.6 is 11.6 Å². The first-order chi connectivity index (χ1) is 12.6. The number of benzene rings is 2. The molecule has 0 fully saturated rings. The van der Waals surface area contributed by atoms with Gasteiger partial charge in [0, 0.05) is 10.7 Å². The Labute approximate surface area is 161 Å². The number of esters is 1. The molecule has 2 rings (SSSR count). The molecule has 144 valence electrons. The Morgan fingerprint density at radius 2 is 1.93 bits per heavy atom. The number of hydrogen-bond donors (Lipinski definition) is 2. The van der Waals surface area contributed by atoms with Crippen LogP contribution in [0.2, 0.25) is 5.02 Å². The van der Waals surface area contributed by atoms with Crippen LogP contribution in [0.4, 0.5) is 5.69 Å². The number of carbonyl (C=O) groups excluding carboxylic acids is 2. The van der Waals surface area contributed by atoms with E-state index in [0.29, 0.717) is 16.3 Å². The van der Waals surface area contributed by atoms with Crippen LogP contribution in [0.5, 0.6) is 5.75 Å². The number of rotatable bonds is 6. The number of hydrogen-bond acceptors (Lipinski definition) is 6. The summed E-state index contributed by atoms with van der Waals surface area (Å²) in [4.78, 5) is 24.0. The highest BCUT2D eigenvalue weighted by atomic mass is 35.5. The summed E-state index contributed by atoms with van der Waals surface area (Å²) in [5.41, 5.74) is 0.981. The summed E-state index contributed by atoms with van der Waals surface area (Å²) in [6.45, 7) is 1.14. The Bertz CT molecular complexity index is 991. The Hall–Kier alpha value is -2.62. The first-order valence-electron chi connectivity index (χ1n) is 7.56. The summed E-state index contributed by atoms with van der Waals surface area (Å²) < 4.78 is 32.8. The van der Waals surface area contributed by atoms with E-state index in [2.05, 4.69) is 5.32 Å². The number of halogens is 1. The SMILES string of the molecule is COc1ccc(S(N)(=O)=O)cc1C(=O)OCC(=O)Nc1cccc(Cl)c1C. The molecule has 0 atom stereocenters. The molecule has 0 saturated carbocycles. The van der Waals surface area contributed by atoms with Crippen molar-refractivity contribution in [3.05, 3.63) is 52.5 Å². The minimum atomic E-state index is -4.02. The number of primary sulfonamides is 1. The van der Waals surface area contributed by atoms with Crippen molar-refractivity contribution in [1.29, 1.82) is 0 Å². The summed E-state index contributed by atoms with van der Waals surface area (Å²) in [5.74, 6) is -1.44. The molecule has 0 saturated heterocycles. The molecule has 8 nitrogen and oxygen atoms in total. The normalized spacial score (nSPS) is 11.0. The lowest BCUT2D eigenvalue weighted by Gasteiger charge is -2.11. The van der Waals surface area contributed by atoms with E-state index in [4.69, 9.17) is 26.2 Å². The largest absolute Gasteiger partial charge is 0.496 e. The van der Waals surface area contributed by atoms with E-state index in [-0.39, 0.29) is 16.2 Å². The lowest BCUT2D eigenvalue weighted by Crippen LogP contribution is -2.22. The van der Waals surface area contributed by atoms with Crippen LogP contribution in [-0.2, 0) is 19.6 Å². The van der Waals surface area contributed by atoms with Gasteiger partial charge in [-0.15, -0.1) is 0 Å². The number of amides is 1. The lowest BCUT2D eigenvalue weighted by molar-refractivity contribution is -0.119. The molecule has 27 heavy (non-hydrogen) atoms. The molecule has 2 aromatic rings. The minimum Gasteiger partial charge on any atom is -0.496 e. The average Bonchev–Trinajstić information content (AvgIpc) is 2.62. The van der Waals surface area contributed by atoms with Gasteiger partial charge in [-0.3, -0.25) is 4.79 Å². The van der Waals surface area contributed by atoms with Gasteiger partial charge in [0.1, 0.15) is 11.3 Å². The van der Waals surface area contributed by atoms with Gasteiger partial charge >= 0.3 is 5.97 Å². The second kappa shape index (κ2) is 8.38. The molecule has 0 bridgehead atoms. The van der Waals surface area contributed by atoms with E-state index in [1.807, 2.05) is 0 Å². The van der Waals surface area contributed by atoms with Crippen LogP contribution in [0.15, 0.2) is 41.3 Å². The number of sulfonamides is 1. The first kappa shape index (κ1) is 20.7. The van der Waals surface area contributed by atoms with E-state index in [0.717, 1.165) is 6.07 Å². The van der Waals surface area contributed by atoms with Gasteiger partial charge in [-0.1, -0.05) is 17.7 Å². The van der Waals surface area contributed by atoms with E-state index in [1.165, 1.54) is 19.2 Å². The van der Waals surface area contributed by atoms with E-state index in [9.17, 15) is 18.0 Å². The monoisotopic (exact) mass is 412 g/mol. The number of ether oxygens (including phenoxy) is 2. The fourth-order valence-electron chi connectivity index (χ4n) is 2.16. The maximum absolute atomic E-state index is 12.2. The smallest absolute Gasteiger partial charge is 0.342 e. The van der Waals surface area contributed by atoms with Crippen LogP contribution in [-0.4, -0.2) is 34.0 Å². The highest BCUT2D eigenvalue weighted by Crippen LogP contribution is 2.24. The maximum Gasteiger partial charge on any atom is 0.342 e. The fraction of sp³-hybridized carbons (Fsp3) is 0.176. The third-order valence-corrected chi connectivity index (χ3v) is 4.92. The van der Waals surface area contributed by atoms with Crippen LogP contribution in [0.1, 0.15) is 15.9 Å². The Kier molecular flexibility index (Phi) is 6.42. The van der Waals surface area contributed by atoms with Crippen LogP contribution in [0, 0.1) is 6.92 Å². The molecular weight excluding hydrogens is 396 g/mol. The van der Waals surface area contributed by atoms with Crippen molar-refractivity contribution in [3.8, 4) is 5.75 Å². The molecule has 1 amide bonds. The lowest BCUT2D eigenvalue weighted by atomic mass is 10.2. The van der Waals surface area contributed by atoms with Gasteiger partial charge in [-0.2, -0.15) is 0 Å². The Morgan fingerprint density at radius 3 is 2.56 bits per heavy atom. The molecule has 2 aromatic carbocycles. The van der Waals surface area contributed by atoms with Gasteiger partial charge in [0.05, 0.1) is 12.0 Å². The second-order valence-electron chi connectivity index (χ2n) is 5.44. The number of anilines is 1. The third-order valence-electron chi connectivity index (χ3n) is 3.60. The molecular formula is C17H17ClN2O6S. The highest BCUT2D eigenvalue weighted by molar-refractivity contribution is 7.89. The van der Waals surface area contributed by atoms with E-state index >= 15 is 0 Å². The van der Waals surface area contributed by atoms with Crippen LogP contribution < -0.4 is 15.2 Å². The molecule has 0 heterocycles. The third kappa shape index (κ3) is 5.19. The van der Waals surface area contributed by atoms with Crippen LogP contribution in [0.3, 0.4) is 0 Å². The Morgan fingerprint density at radius 1 is 1.22 bits per heavy atom. The molecule has 0 aromatic heterocycles. The Balaban J connectivity index is 2.11. The number of nitrogens with one attached hydrogen (secondary N) is 1. The predicted molar refractivity (Wildman–Crippen MR) is 99.5 cm³/mol. The van der Waals surface area contributed by atoms with Gasteiger partial charge in [-0.05, 0) is 42.8 Å². The highest BCUT2D eigenvalue weighted by Gasteiger charge is 2.19. The topological polar surface area (TPSA) is 125 Å². The summed E-state index contributed by atoms with van der Waals surface area (Å²) in [6.07, 6.45) is 0. The molecule has 3 N–H and O–H groups in total. The molecule has 0 aliphatic heterocycles. The van der Waals surface area contributed by atoms with Crippen molar-refractivity contribution in [3.63, 3.8) is 0 Å². The summed E-state index contributed by atoms with van der Waals surface area (Å²) in [7, 11) is -2.72. The van der Waals surface area contributed by atoms with Crippen molar-refractivity contribution in [2.75, 3.05) is 19.0 Å². The van der Waals surface area contributed by atoms with Crippen LogP contribution in [0.25, 0.3) is 0 Å².